The van der Waals surface area contributed by atoms with Crippen LogP contribution in [0.15, 0.2) is 133 Å². The summed E-state index contributed by atoms with van der Waals surface area (Å²) in [6, 6.07) is 47.8. The molecule has 0 unspecified atom stereocenters. The summed E-state index contributed by atoms with van der Waals surface area (Å²) in [6.45, 7) is 0. The van der Waals surface area contributed by atoms with E-state index in [0.29, 0.717) is 0 Å². The second-order valence-corrected chi connectivity index (χ2v) is 8.68. The largest absolute Gasteiger partial charge is 0.344 e. The second kappa shape index (κ2) is 8.53. The van der Waals surface area contributed by atoms with Crippen molar-refractivity contribution < 1.29 is 0 Å². The van der Waals surface area contributed by atoms with Gasteiger partial charge in [0.25, 0.3) is 0 Å². The van der Waals surface area contributed by atoms with E-state index in [-0.39, 0.29) is 0 Å². The zero-order chi connectivity index (χ0) is 22.9. The third-order valence-corrected chi connectivity index (χ3v) is 6.68. The van der Waals surface area contributed by atoms with E-state index in [1.807, 2.05) is 0 Å². The molecule has 0 atom stereocenters. The van der Waals surface area contributed by atoms with Gasteiger partial charge < -0.3 is 4.90 Å². The Morgan fingerprint density at radius 3 is 1.82 bits per heavy atom. The first kappa shape index (κ1) is 20.3. The van der Waals surface area contributed by atoms with E-state index < -0.39 is 0 Å². The van der Waals surface area contributed by atoms with E-state index in [1.54, 1.807) is 0 Å². The van der Waals surface area contributed by atoms with Gasteiger partial charge in [0.05, 0.1) is 0 Å². The van der Waals surface area contributed by atoms with Crippen molar-refractivity contribution in [1.82, 2.24) is 0 Å². The molecule has 1 heteroatoms. The molecule has 0 heterocycles. The lowest BCUT2D eigenvalue weighted by Gasteiger charge is -2.23. The van der Waals surface area contributed by atoms with Crippen LogP contribution in [0.2, 0.25) is 0 Å². The van der Waals surface area contributed by atoms with Crippen LogP contribution in [0.4, 0.5) is 11.4 Å². The van der Waals surface area contributed by atoms with Crippen LogP contribution < -0.4 is 4.90 Å². The fraction of sp³-hybridized carbons (Fsp3) is 0.0303. The van der Waals surface area contributed by atoms with E-state index in [4.69, 9.17) is 0 Å². The summed E-state index contributed by atoms with van der Waals surface area (Å²) in [5, 5.41) is 5.16. The summed E-state index contributed by atoms with van der Waals surface area (Å²) >= 11 is 0. The van der Waals surface area contributed by atoms with Gasteiger partial charge in [-0.1, -0.05) is 109 Å². The van der Waals surface area contributed by atoms with Crippen molar-refractivity contribution in [3.63, 3.8) is 0 Å². The SMILES string of the molecule is CN(c1ccc(-c2cc3ccccc3c3ccccc23)cc1)c1ccccc1-c1ccccc1. The van der Waals surface area contributed by atoms with Gasteiger partial charge in [-0.2, -0.15) is 0 Å². The Morgan fingerprint density at radius 2 is 1.03 bits per heavy atom. The van der Waals surface area contributed by atoms with Crippen LogP contribution in [0.1, 0.15) is 0 Å². The van der Waals surface area contributed by atoms with Crippen LogP contribution in [0.3, 0.4) is 0 Å². The van der Waals surface area contributed by atoms with Crippen LogP contribution in [0.5, 0.6) is 0 Å². The van der Waals surface area contributed by atoms with Crippen molar-refractivity contribution in [3.8, 4) is 22.3 Å². The summed E-state index contributed by atoms with van der Waals surface area (Å²) < 4.78 is 0. The topological polar surface area (TPSA) is 3.24 Å². The molecule has 0 aliphatic carbocycles. The lowest BCUT2D eigenvalue weighted by Crippen LogP contribution is -2.10. The fourth-order valence-electron chi connectivity index (χ4n) is 4.92. The minimum absolute atomic E-state index is 1.16. The highest BCUT2D eigenvalue weighted by molar-refractivity contribution is 6.13. The smallest absolute Gasteiger partial charge is 0.0487 e. The molecule has 0 aromatic heterocycles. The Balaban J connectivity index is 1.42. The molecule has 162 valence electrons. The van der Waals surface area contributed by atoms with Crippen molar-refractivity contribution in [1.29, 1.82) is 0 Å². The van der Waals surface area contributed by atoms with E-state index in [0.717, 1.165) is 5.69 Å². The maximum absolute atomic E-state index is 2.32. The van der Waals surface area contributed by atoms with Gasteiger partial charge in [-0.05, 0) is 62.5 Å². The van der Waals surface area contributed by atoms with Gasteiger partial charge in [-0.3, -0.25) is 0 Å². The van der Waals surface area contributed by atoms with Gasteiger partial charge in [0, 0.05) is 24.0 Å². The van der Waals surface area contributed by atoms with Gasteiger partial charge >= 0.3 is 0 Å². The molecular formula is C33H25N. The Hall–Kier alpha value is -4.36. The average Bonchev–Trinajstić information content (AvgIpc) is 2.93. The molecule has 0 aliphatic rings. The Labute approximate surface area is 200 Å². The Morgan fingerprint density at radius 1 is 0.441 bits per heavy atom. The summed E-state index contributed by atoms with van der Waals surface area (Å²) in [7, 11) is 2.14. The van der Waals surface area contributed by atoms with Gasteiger partial charge in [0.2, 0.25) is 0 Å². The number of fused-ring (bicyclic) bond motifs is 3. The minimum atomic E-state index is 1.16. The zero-order valence-electron chi connectivity index (χ0n) is 19.1. The quantitative estimate of drug-likeness (QED) is 0.250. The number of para-hydroxylation sites is 1. The van der Waals surface area contributed by atoms with Crippen molar-refractivity contribution in [2.75, 3.05) is 11.9 Å². The second-order valence-electron chi connectivity index (χ2n) is 8.68. The van der Waals surface area contributed by atoms with Crippen molar-refractivity contribution >= 4 is 32.9 Å². The number of nitrogens with zero attached hydrogens (tertiary/aromatic N) is 1. The minimum Gasteiger partial charge on any atom is -0.344 e. The maximum Gasteiger partial charge on any atom is 0.0487 e. The van der Waals surface area contributed by atoms with Gasteiger partial charge in [0.15, 0.2) is 0 Å². The molecule has 6 aromatic carbocycles. The lowest BCUT2D eigenvalue weighted by atomic mass is 9.93. The molecule has 0 saturated carbocycles. The van der Waals surface area contributed by atoms with E-state index in [9.17, 15) is 0 Å². The third kappa shape index (κ3) is 3.52. The summed E-state index contributed by atoms with van der Waals surface area (Å²) in [5.41, 5.74) is 7.32. The number of benzene rings is 6. The fourth-order valence-corrected chi connectivity index (χ4v) is 4.92. The molecule has 34 heavy (non-hydrogen) atoms. The van der Waals surface area contributed by atoms with Crippen LogP contribution in [0, 0.1) is 0 Å². The van der Waals surface area contributed by atoms with E-state index in [1.165, 1.54) is 49.5 Å². The Kier molecular flexibility index (Phi) is 5.08. The Bertz CT molecular complexity index is 1600. The van der Waals surface area contributed by atoms with Crippen LogP contribution in [-0.2, 0) is 0 Å². The van der Waals surface area contributed by atoms with E-state index in [2.05, 4.69) is 145 Å². The van der Waals surface area contributed by atoms with Gasteiger partial charge in [0.1, 0.15) is 0 Å². The maximum atomic E-state index is 2.32. The third-order valence-electron chi connectivity index (χ3n) is 6.68. The van der Waals surface area contributed by atoms with Crippen LogP contribution in [0.25, 0.3) is 43.8 Å². The first-order valence-corrected chi connectivity index (χ1v) is 11.7. The first-order chi connectivity index (χ1) is 16.8. The van der Waals surface area contributed by atoms with E-state index >= 15 is 0 Å². The average molecular weight is 436 g/mol. The lowest BCUT2D eigenvalue weighted by molar-refractivity contribution is 1.21. The molecule has 0 saturated heterocycles. The zero-order valence-corrected chi connectivity index (χ0v) is 19.1. The number of rotatable bonds is 4. The summed E-state index contributed by atoms with van der Waals surface area (Å²) in [5.74, 6) is 0. The number of hydrogen-bond acceptors (Lipinski definition) is 1. The van der Waals surface area contributed by atoms with Crippen molar-refractivity contribution in [2.24, 2.45) is 0 Å². The van der Waals surface area contributed by atoms with Crippen LogP contribution >= 0.6 is 0 Å². The summed E-state index contributed by atoms with van der Waals surface area (Å²) in [6.07, 6.45) is 0. The highest BCUT2D eigenvalue weighted by Gasteiger charge is 2.12. The molecular weight excluding hydrogens is 410 g/mol. The molecule has 0 N–H and O–H groups in total. The highest BCUT2D eigenvalue weighted by atomic mass is 15.1. The molecule has 0 aliphatic heterocycles. The van der Waals surface area contributed by atoms with Gasteiger partial charge in [-0.15, -0.1) is 0 Å². The molecule has 0 bridgehead atoms. The molecule has 6 rings (SSSR count). The normalized spacial score (nSPS) is 11.1. The van der Waals surface area contributed by atoms with Gasteiger partial charge in [-0.25, -0.2) is 0 Å². The predicted molar refractivity (Wildman–Crippen MR) is 147 cm³/mol. The standard InChI is InChI=1S/C33H25N/c1-34(33-18-10-9-15-29(33)24-11-3-2-4-12-24)27-21-19-25(20-22-27)32-23-26-13-5-6-14-28(26)30-16-7-8-17-31(30)32/h2-23H,1H3. The number of hydrogen-bond donors (Lipinski definition) is 0. The molecule has 0 spiro atoms. The predicted octanol–water partition coefficient (Wildman–Crippen LogP) is 9.09. The molecule has 0 radical (unpaired) electrons. The monoisotopic (exact) mass is 435 g/mol. The van der Waals surface area contributed by atoms with Crippen molar-refractivity contribution in [3.05, 3.63) is 133 Å². The molecule has 6 aromatic rings. The first-order valence-electron chi connectivity index (χ1n) is 11.7. The molecule has 1 nitrogen and oxygen atoms in total. The molecule has 0 amide bonds. The van der Waals surface area contributed by atoms with Crippen molar-refractivity contribution in [2.45, 2.75) is 0 Å². The van der Waals surface area contributed by atoms with Crippen LogP contribution in [-0.4, -0.2) is 7.05 Å². The highest BCUT2D eigenvalue weighted by Crippen LogP contribution is 2.37. The molecule has 0 fully saturated rings. The number of anilines is 2. The summed E-state index contributed by atoms with van der Waals surface area (Å²) in [4.78, 5) is 2.27.